The molecule has 1 atom stereocenters. The first-order valence-electron chi connectivity index (χ1n) is 9.19. The molecule has 1 heterocycles. The molecular weight excluding hydrogens is 312 g/mol. The van der Waals surface area contributed by atoms with Gasteiger partial charge in [-0.3, -0.25) is 9.59 Å². The van der Waals surface area contributed by atoms with Crippen molar-refractivity contribution < 1.29 is 9.59 Å². The molecule has 4 aliphatic carbocycles. The minimum atomic E-state index is -0.472. The third-order valence-corrected chi connectivity index (χ3v) is 6.90. The van der Waals surface area contributed by atoms with Gasteiger partial charge in [0.1, 0.15) is 5.38 Å². The Hall–Kier alpha value is -0.770. The van der Waals surface area contributed by atoms with Crippen molar-refractivity contribution >= 4 is 23.4 Å². The first-order valence-corrected chi connectivity index (χ1v) is 9.63. The molecule has 23 heavy (non-hydrogen) atoms. The molecule has 5 fully saturated rings. The lowest BCUT2D eigenvalue weighted by atomic mass is 9.49. The van der Waals surface area contributed by atoms with Crippen LogP contribution in [0.4, 0.5) is 0 Å². The fraction of sp³-hybridized carbons (Fsp3) is 0.889. The molecule has 2 amide bonds. The summed E-state index contributed by atoms with van der Waals surface area (Å²) in [6.07, 6.45) is 7.45. The molecule has 4 bridgehead atoms. The number of carbonyl (C=O) groups is 2. The average Bonchev–Trinajstić information content (AvgIpc) is 2.52. The van der Waals surface area contributed by atoms with Crippen molar-refractivity contribution in [2.45, 2.75) is 50.8 Å². The molecule has 0 aromatic carbocycles. The maximum atomic E-state index is 13.3. The summed E-state index contributed by atoms with van der Waals surface area (Å²) in [7, 11) is 0. The molecule has 0 aromatic heterocycles. The summed E-state index contributed by atoms with van der Waals surface area (Å²) in [4.78, 5) is 29.1. The van der Waals surface area contributed by atoms with Gasteiger partial charge >= 0.3 is 0 Å². The zero-order valence-corrected chi connectivity index (χ0v) is 14.7. The van der Waals surface area contributed by atoms with E-state index in [9.17, 15) is 9.59 Å². The monoisotopic (exact) mass is 338 g/mol. The Morgan fingerprint density at radius 2 is 1.35 bits per heavy atom. The van der Waals surface area contributed by atoms with Crippen molar-refractivity contribution in [3.63, 3.8) is 0 Å². The number of rotatable bonds is 2. The first kappa shape index (κ1) is 15.7. The quantitative estimate of drug-likeness (QED) is 0.726. The van der Waals surface area contributed by atoms with E-state index in [1.165, 1.54) is 19.3 Å². The van der Waals surface area contributed by atoms with E-state index in [1.807, 2.05) is 4.90 Å². The minimum Gasteiger partial charge on any atom is -0.339 e. The third kappa shape index (κ3) is 2.67. The Balaban J connectivity index is 1.42. The lowest BCUT2D eigenvalue weighted by Crippen LogP contribution is -2.59. The maximum Gasteiger partial charge on any atom is 0.240 e. The zero-order chi connectivity index (χ0) is 16.2. The Morgan fingerprint density at radius 1 is 0.913 bits per heavy atom. The smallest absolute Gasteiger partial charge is 0.240 e. The average molecular weight is 339 g/mol. The highest BCUT2D eigenvalue weighted by Crippen LogP contribution is 2.60. The van der Waals surface area contributed by atoms with Crippen LogP contribution in [0.3, 0.4) is 0 Å². The summed E-state index contributed by atoms with van der Waals surface area (Å²) in [5.41, 5.74) is -0.0549. The van der Waals surface area contributed by atoms with Crippen LogP contribution in [-0.2, 0) is 9.59 Å². The Labute approximate surface area is 143 Å². The second kappa shape index (κ2) is 5.65. The van der Waals surface area contributed by atoms with Crippen molar-refractivity contribution in [2.75, 3.05) is 26.2 Å². The summed E-state index contributed by atoms with van der Waals surface area (Å²) < 4.78 is 0. The molecule has 1 unspecified atom stereocenters. The Bertz CT molecular complexity index is 476. The SMILES string of the molecule is CC(Cl)C(=O)N1CCN(C(=O)C23CC4CC(CC(C4)C2)C3)CC1. The highest BCUT2D eigenvalue weighted by atomic mass is 35.5. The van der Waals surface area contributed by atoms with E-state index in [0.29, 0.717) is 32.1 Å². The van der Waals surface area contributed by atoms with E-state index in [4.69, 9.17) is 11.6 Å². The zero-order valence-electron chi connectivity index (χ0n) is 14.0. The Morgan fingerprint density at radius 3 is 1.78 bits per heavy atom. The summed E-state index contributed by atoms with van der Waals surface area (Å²) in [6, 6.07) is 0. The lowest BCUT2D eigenvalue weighted by Gasteiger charge is -2.57. The lowest BCUT2D eigenvalue weighted by molar-refractivity contribution is -0.160. The predicted molar refractivity (Wildman–Crippen MR) is 89.1 cm³/mol. The molecule has 0 N–H and O–H groups in total. The number of hydrogen-bond acceptors (Lipinski definition) is 2. The van der Waals surface area contributed by atoms with Gasteiger partial charge < -0.3 is 9.80 Å². The topological polar surface area (TPSA) is 40.6 Å². The number of nitrogens with zero attached hydrogens (tertiary/aromatic N) is 2. The summed E-state index contributed by atoms with van der Waals surface area (Å²) in [5, 5.41) is -0.472. The molecule has 4 nitrogen and oxygen atoms in total. The summed E-state index contributed by atoms with van der Waals surface area (Å²) >= 11 is 5.90. The molecule has 128 valence electrons. The molecule has 1 aliphatic heterocycles. The summed E-state index contributed by atoms with van der Waals surface area (Å²) in [5.74, 6) is 2.77. The van der Waals surface area contributed by atoms with Gasteiger partial charge in [-0.1, -0.05) is 0 Å². The second-order valence-electron chi connectivity index (χ2n) is 8.43. The van der Waals surface area contributed by atoms with Crippen LogP contribution < -0.4 is 0 Å². The normalized spacial score (nSPS) is 40.3. The van der Waals surface area contributed by atoms with Gasteiger partial charge in [0.2, 0.25) is 11.8 Å². The van der Waals surface area contributed by atoms with Gasteiger partial charge in [-0.05, 0) is 63.2 Å². The van der Waals surface area contributed by atoms with Crippen LogP contribution >= 0.6 is 11.6 Å². The van der Waals surface area contributed by atoms with Crippen molar-refractivity contribution in [3.05, 3.63) is 0 Å². The van der Waals surface area contributed by atoms with Crippen molar-refractivity contribution in [2.24, 2.45) is 23.2 Å². The van der Waals surface area contributed by atoms with E-state index in [1.54, 1.807) is 11.8 Å². The van der Waals surface area contributed by atoms with Gasteiger partial charge in [0, 0.05) is 26.2 Å². The highest BCUT2D eigenvalue weighted by molar-refractivity contribution is 6.30. The van der Waals surface area contributed by atoms with Gasteiger partial charge in [0.15, 0.2) is 0 Å². The first-order chi connectivity index (χ1) is 11.0. The molecule has 4 saturated carbocycles. The number of amides is 2. The van der Waals surface area contributed by atoms with Crippen LogP contribution in [0.15, 0.2) is 0 Å². The largest absolute Gasteiger partial charge is 0.339 e. The number of halogens is 1. The molecular formula is C18H27ClN2O2. The molecule has 5 heteroatoms. The summed E-state index contributed by atoms with van der Waals surface area (Å²) in [6.45, 7) is 4.34. The van der Waals surface area contributed by atoms with E-state index >= 15 is 0 Å². The minimum absolute atomic E-state index is 0.00595. The van der Waals surface area contributed by atoms with Gasteiger partial charge in [-0.25, -0.2) is 0 Å². The Kier molecular flexibility index (Phi) is 3.86. The number of piperazine rings is 1. The maximum absolute atomic E-state index is 13.3. The van der Waals surface area contributed by atoms with Crippen LogP contribution in [-0.4, -0.2) is 53.2 Å². The van der Waals surface area contributed by atoms with Crippen LogP contribution in [0.2, 0.25) is 0 Å². The molecule has 1 saturated heterocycles. The molecule has 5 aliphatic rings. The van der Waals surface area contributed by atoms with Gasteiger partial charge in [0.25, 0.3) is 0 Å². The second-order valence-corrected chi connectivity index (χ2v) is 9.09. The van der Waals surface area contributed by atoms with Gasteiger partial charge in [-0.15, -0.1) is 11.6 Å². The fourth-order valence-corrected chi connectivity index (χ4v) is 6.23. The van der Waals surface area contributed by atoms with E-state index in [2.05, 4.69) is 0 Å². The number of carbonyl (C=O) groups excluding carboxylic acids is 2. The van der Waals surface area contributed by atoms with E-state index in [0.717, 1.165) is 37.0 Å². The third-order valence-electron chi connectivity index (χ3n) is 6.71. The molecule has 5 rings (SSSR count). The van der Waals surface area contributed by atoms with Crippen molar-refractivity contribution in [1.29, 1.82) is 0 Å². The van der Waals surface area contributed by atoms with Gasteiger partial charge in [0.05, 0.1) is 5.41 Å². The van der Waals surface area contributed by atoms with Crippen LogP contribution in [0.1, 0.15) is 45.4 Å². The van der Waals surface area contributed by atoms with Gasteiger partial charge in [-0.2, -0.15) is 0 Å². The van der Waals surface area contributed by atoms with Crippen LogP contribution in [0.25, 0.3) is 0 Å². The number of hydrogen-bond donors (Lipinski definition) is 0. The molecule has 0 radical (unpaired) electrons. The molecule has 0 spiro atoms. The van der Waals surface area contributed by atoms with Crippen LogP contribution in [0.5, 0.6) is 0 Å². The van der Waals surface area contributed by atoms with Crippen molar-refractivity contribution in [3.8, 4) is 0 Å². The fourth-order valence-electron chi connectivity index (χ4n) is 6.09. The number of alkyl halides is 1. The van der Waals surface area contributed by atoms with Crippen LogP contribution in [0, 0.1) is 23.2 Å². The standard InChI is InChI=1S/C18H27ClN2O2/c1-12(19)16(22)20-2-4-21(5-3-20)17(23)18-9-13-6-14(10-18)8-15(7-13)11-18/h12-15H,2-11H2,1H3. The predicted octanol–water partition coefficient (Wildman–Crippen LogP) is 2.50. The highest BCUT2D eigenvalue weighted by Gasteiger charge is 2.55. The molecule has 0 aromatic rings. The van der Waals surface area contributed by atoms with E-state index in [-0.39, 0.29) is 11.3 Å². The van der Waals surface area contributed by atoms with Crippen molar-refractivity contribution in [1.82, 2.24) is 9.80 Å². The van der Waals surface area contributed by atoms with E-state index < -0.39 is 5.38 Å².